The Labute approximate surface area is 184 Å². The summed E-state index contributed by atoms with van der Waals surface area (Å²) in [5, 5.41) is 5.94. The minimum absolute atomic E-state index is 0.210. The van der Waals surface area contributed by atoms with Gasteiger partial charge in [-0.1, -0.05) is 12.1 Å². The molecule has 2 aromatic carbocycles. The van der Waals surface area contributed by atoms with Crippen LogP contribution in [0.4, 0.5) is 17.3 Å². The number of ether oxygens (including phenoxy) is 1. The van der Waals surface area contributed by atoms with Crippen LogP contribution in [0.15, 0.2) is 85.3 Å². The molecule has 0 aliphatic rings. The van der Waals surface area contributed by atoms with E-state index < -0.39 is 5.97 Å². The standard InChI is InChI=1S/C24H19N5O3/c1-16(30)32-22-7-3-2-6-20(22)23(31)27-18-8-10-19(11-9-18)28-24-26-14-12-21(29-24)17-5-4-13-25-15-17/h2-15H,1H3,(H,27,31)(H,26,28,29). The molecular formula is C24H19N5O3. The smallest absolute Gasteiger partial charge is 0.308 e. The lowest BCUT2D eigenvalue weighted by atomic mass is 10.2. The maximum atomic E-state index is 12.6. The zero-order valence-electron chi connectivity index (χ0n) is 17.1. The number of nitrogens with one attached hydrogen (secondary N) is 2. The SMILES string of the molecule is CC(=O)Oc1ccccc1C(=O)Nc1ccc(Nc2nccc(-c3cccnc3)n2)cc1. The van der Waals surface area contributed by atoms with Crippen LogP contribution in [0.1, 0.15) is 17.3 Å². The highest BCUT2D eigenvalue weighted by Gasteiger charge is 2.14. The van der Waals surface area contributed by atoms with Crippen molar-refractivity contribution in [2.24, 2.45) is 0 Å². The molecule has 2 aromatic heterocycles. The Kier molecular flexibility index (Phi) is 6.12. The number of rotatable bonds is 6. The van der Waals surface area contributed by atoms with Crippen molar-refractivity contribution >= 4 is 29.2 Å². The van der Waals surface area contributed by atoms with E-state index in [0.717, 1.165) is 16.9 Å². The molecule has 2 N–H and O–H groups in total. The Balaban J connectivity index is 1.44. The maximum Gasteiger partial charge on any atom is 0.308 e. The predicted molar refractivity (Wildman–Crippen MR) is 121 cm³/mol. The molecule has 8 nitrogen and oxygen atoms in total. The second-order valence-electron chi connectivity index (χ2n) is 6.75. The normalized spacial score (nSPS) is 10.3. The number of carbonyl (C=O) groups excluding carboxylic acids is 2. The van der Waals surface area contributed by atoms with Gasteiger partial charge in [-0.2, -0.15) is 0 Å². The van der Waals surface area contributed by atoms with Crippen molar-refractivity contribution in [1.29, 1.82) is 0 Å². The molecule has 0 aliphatic carbocycles. The van der Waals surface area contributed by atoms with Gasteiger partial charge in [-0.3, -0.25) is 14.6 Å². The molecule has 8 heteroatoms. The first-order valence-electron chi connectivity index (χ1n) is 9.78. The predicted octanol–water partition coefficient (Wildman–Crippen LogP) is 4.46. The molecular weight excluding hydrogens is 406 g/mol. The van der Waals surface area contributed by atoms with Crippen LogP contribution >= 0.6 is 0 Å². The van der Waals surface area contributed by atoms with Gasteiger partial charge in [0.05, 0.1) is 11.3 Å². The minimum Gasteiger partial charge on any atom is -0.426 e. The van der Waals surface area contributed by atoms with E-state index >= 15 is 0 Å². The van der Waals surface area contributed by atoms with E-state index in [1.165, 1.54) is 6.92 Å². The van der Waals surface area contributed by atoms with Gasteiger partial charge in [-0.15, -0.1) is 0 Å². The van der Waals surface area contributed by atoms with E-state index in [4.69, 9.17) is 4.74 Å². The Bertz CT molecular complexity index is 1240. The summed E-state index contributed by atoms with van der Waals surface area (Å²) in [7, 11) is 0. The quantitative estimate of drug-likeness (QED) is 0.347. The van der Waals surface area contributed by atoms with Crippen LogP contribution in [0.25, 0.3) is 11.3 Å². The molecule has 0 saturated carbocycles. The molecule has 0 bridgehead atoms. The number of esters is 1. The van der Waals surface area contributed by atoms with E-state index in [1.54, 1.807) is 67.1 Å². The first-order chi connectivity index (χ1) is 15.6. The Morgan fingerprint density at radius 2 is 1.66 bits per heavy atom. The van der Waals surface area contributed by atoms with E-state index in [0.29, 0.717) is 11.6 Å². The third-order valence-electron chi connectivity index (χ3n) is 4.40. The lowest BCUT2D eigenvalue weighted by Gasteiger charge is -2.10. The van der Waals surface area contributed by atoms with E-state index in [2.05, 4.69) is 25.6 Å². The highest BCUT2D eigenvalue weighted by molar-refractivity contribution is 6.06. The fourth-order valence-corrected chi connectivity index (χ4v) is 2.96. The molecule has 158 valence electrons. The number of hydrogen-bond acceptors (Lipinski definition) is 7. The monoisotopic (exact) mass is 425 g/mol. The summed E-state index contributed by atoms with van der Waals surface area (Å²) < 4.78 is 5.10. The van der Waals surface area contributed by atoms with Crippen LogP contribution < -0.4 is 15.4 Å². The minimum atomic E-state index is -0.490. The van der Waals surface area contributed by atoms with Crippen molar-refractivity contribution in [3.63, 3.8) is 0 Å². The van der Waals surface area contributed by atoms with Crippen LogP contribution in [-0.2, 0) is 4.79 Å². The molecule has 0 aliphatic heterocycles. The van der Waals surface area contributed by atoms with Gasteiger partial charge in [0.1, 0.15) is 5.75 Å². The fourth-order valence-electron chi connectivity index (χ4n) is 2.96. The van der Waals surface area contributed by atoms with Crippen molar-refractivity contribution in [2.75, 3.05) is 10.6 Å². The zero-order chi connectivity index (χ0) is 22.3. The van der Waals surface area contributed by atoms with Gasteiger partial charge in [0.2, 0.25) is 5.95 Å². The van der Waals surface area contributed by atoms with Gasteiger partial charge in [0.25, 0.3) is 5.91 Å². The summed E-state index contributed by atoms with van der Waals surface area (Å²) in [6.45, 7) is 1.29. The number of pyridine rings is 1. The summed E-state index contributed by atoms with van der Waals surface area (Å²) in [5.74, 6) is -0.217. The maximum absolute atomic E-state index is 12.6. The fraction of sp³-hybridized carbons (Fsp3) is 0.0417. The van der Waals surface area contributed by atoms with Crippen molar-refractivity contribution in [3.8, 4) is 17.0 Å². The summed E-state index contributed by atoms with van der Waals surface area (Å²) >= 11 is 0. The number of hydrogen-bond donors (Lipinski definition) is 2. The average molecular weight is 425 g/mol. The highest BCUT2D eigenvalue weighted by atomic mass is 16.5. The molecule has 32 heavy (non-hydrogen) atoms. The van der Waals surface area contributed by atoms with Crippen molar-refractivity contribution < 1.29 is 14.3 Å². The van der Waals surface area contributed by atoms with Crippen molar-refractivity contribution in [2.45, 2.75) is 6.92 Å². The van der Waals surface area contributed by atoms with Crippen LogP contribution in [0, 0.1) is 0 Å². The molecule has 0 spiro atoms. The van der Waals surface area contributed by atoms with E-state index in [9.17, 15) is 9.59 Å². The summed E-state index contributed by atoms with van der Waals surface area (Å²) in [6, 6.07) is 19.3. The van der Waals surface area contributed by atoms with Gasteiger partial charge < -0.3 is 15.4 Å². The number of para-hydroxylation sites is 1. The van der Waals surface area contributed by atoms with Crippen LogP contribution in [-0.4, -0.2) is 26.8 Å². The highest BCUT2D eigenvalue weighted by Crippen LogP contribution is 2.22. The van der Waals surface area contributed by atoms with Crippen molar-refractivity contribution in [3.05, 3.63) is 90.9 Å². The van der Waals surface area contributed by atoms with Gasteiger partial charge in [-0.25, -0.2) is 9.97 Å². The Morgan fingerprint density at radius 1 is 0.875 bits per heavy atom. The van der Waals surface area contributed by atoms with E-state index in [1.807, 2.05) is 18.2 Å². The van der Waals surface area contributed by atoms with Gasteiger partial charge >= 0.3 is 5.97 Å². The molecule has 0 unspecified atom stereocenters. The topological polar surface area (TPSA) is 106 Å². The zero-order valence-corrected chi connectivity index (χ0v) is 17.1. The molecule has 1 amide bonds. The molecule has 2 heterocycles. The summed E-state index contributed by atoms with van der Waals surface area (Å²) in [6.07, 6.45) is 5.12. The molecule has 0 fully saturated rings. The largest absolute Gasteiger partial charge is 0.426 e. The lowest BCUT2D eigenvalue weighted by molar-refractivity contribution is -0.131. The average Bonchev–Trinajstić information content (AvgIpc) is 2.81. The molecule has 4 rings (SSSR count). The number of aromatic nitrogens is 3. The molecule has 0 radical (unpaired) electrons. The second-order valence-corrected chi connectivity index (χ2v) is 6.75. The van der Waals surface area contributed by atoms with Crippen LogP contribution in [0.5, 0.6) is 5.75 Å². The molecule has 4 aromatic rings. The van der Waals surface area contributed by atoms with Crippen molar-refractivity contribution in [1.82, 2.24) is 15.0 Å². The summed E-state index contributed by atoms with van der Waals surface area (Å²) in [5.41, 5.74) is 3.26. The first-order valence-corrected chi connectivity index (χ1v) is 9.78. The molecule has 0 saturated heterocycles. The Hall–Kier alpha value is -4.59. The van der Waals surface area contributed by atoms with Crippen LogP contribution in [0.3, 0.4) is 0 Å². The van der Waals surface area contributed by atoms with Gasteiger partial charge in [-0.05, 0) is 54.6 Å². The first kappa shape index (κ1) is 20.7. The van der Waals surface area contributed by atoms with Crippen LogP contribution in [0.2, 0.25) is 0 Å². The number of benzene rings is 2. The third-order valence-corrected chi connectivity index (χ3v) is 4.40. The van der Waals surface area contributed by atoms with Gasteiger partial charge in [0, 0.05) is 42.5 Å². The number of nitrogens with zero attached hydrogens (tertiary/aromatic N) is 3. The van der Waals surface area contributed by atoms with Gasteiger partial charge in [0.15, 0.2) is 0 Å². The lowest BCUT2D eigenvalue weighted by Crippen LogP contribution is -2.14. The number of amides is 1. The molecule has 0 atom stereocenters. The second kappa shape index (κ2) is 9.48. The van der Waals surface area contributed by atoms with E-state index in [-0.39, 0.29) is 17.2 Å². The number of carbonyl (C=O) groups is 2. The third kappa shape index (κ3) is 5.11. The number of anilines is 3. The summed E-state index contributed by atoms with van der Waals surface area (Å²) in [4.78, 5) is 36.8. The Morgan fingerprint density at radius 3 is 2.41 bits per heavy atom.